The molecule has 0 atom stereocenters. The van der Waals surface area contributed by atoms with Gasteiger partial charge in [-0.15, -0.1) is 0 Å². The molecule has 0 heterocycles. The maximum atomic E-state index is 12.4. The second-order valence-electron chi connectivity index (χ2n) is 4.97. The average Bonchev–Trinajstić information content (AvgIpc) is 2.43. The van der Waals surface area contributed by atoms with Crippen molar-refractivity contribution in [1.29, 1.82) is 0 Å². The van der Waals surface area contributed by atoms with Crippen molar-refractivity contribution in [1.82, 2.24) is 4.90 Å². The molecule has 0 aliphatic heterocycles. The number of amides is 1. The molecule has 0 unspecified atom stereocenters. The average molecular weight is 412 g/mol. The zero-order valence-electron chi connectivity index (χ0n) is 11.9. The van der Waals surface area contributed by atoms with Gasteiger partial charge in [-0.2, -0.15) is 0 Å². The van der Waals surface area contributed by atoms with Gasteiger partial charge in [0.2, 0.25) is 0 Å². The molecule has 2 aromatic rings. The van der Waals surface area contributed by atoms with Gasteiger partial charge in [0.15, 0.2) is 0 Å². The molecule has 0 fully saturated rings. The van der Waals surface area contributed by atoms with Crippen LogP contribution in [0, 0.1) is 0 Å². The smallest absolute Gasteiger partial charge is 0.256 e. The lowest BCUT2D eigenvalue weighted by Gasteiger charge is -2.15. The Morgan fingerprint density at radius 3 is 2.57 bits per heavy atom. The summed E-state index contributed by atoms with van der Waals surface area (Å²) < 4.78 is 1.64. The number of anilines is 1. The summed E-state index contributed by atoms with van der Waals surface area (Å²) in [6.07, 6.45) is 0. The van der Waals surface area contributed by atoms with Crippen LogP contribution in [0.5, 0.6) is 0 Å². The van der Waals surface area contributed by atoms with Gasteiger partial charge in [0.05, 0.1) is 5.56 Å². The minimum Gasteiger partial charge on any atom is -0.322 e. The first kappa shape index (κ1) is 16.2. The number of para-hydroxylation sites is 1. The van der Waals surface area contributed by atoms with E-state index in [4.69, 9.17) is 0 Å². The highest BCUT2D eigenvalue weighted by Gasteiger charge is 2.12. The first-order chi connectivity index (χ1) is 9.97. The molecule has 1 amide bonds. The van der Waals surface area contributed by atoms with Crippen molar-refractivity contribution in [2.45, 2.75) is 6.54 Å². The van der Waals surface area contributed by atoms with Crippen LogP contribution < -0.4 is 5.32 Å². The molecule has 0 saturated heterocycles. The molecular formula is C16H16Br2N2O. The molecule has 1 N–H and O–H groups in total. The SMILES string of the molecule is CN(C)Cc1ccccc1NC(=O)c1cc(Br)ccc1Br. The van der Waals surface area contributed by atoms with Crippen molar-refractivity contribution in [3.63, 3.8) is 0 Å². The Balaban J connectivity index is 2.25. The monoisotopic (exact) mass is 410 g/mol. The molecule has 0 aromatic heterocycles. The maximum absolute atomic E-state index is 12.4. The summed E-state index contributed by atoms with van der Waals surface area (Å²) in [6, 6.07) is 13.4. The maximum Gasteiger partial charge on any atom is 0.256 e. The molecule has 3 nitrogen and oxygen atoms in total. The van der Waals surface area contributed by atoms with E-state index in [1.807, 2.05) is 50.5 Å². The Hall–Kier alpha value is -1.17. The Morgan fingerprint density at radius 1 is 1.14 bits per heavy atom. The van der Waals surface area contributed by atoms with Crippen molar-refractivity contribution in [3.8, 4) is 0 Å². The predicted molar refractivity (Wildman–Crippen MR) is 93.6 cm³/mol. The molecule has 0 bridgehead atoms. The Bertz CT molecular complexity index is 656. The Morgan fingerprint density at radius 2 is 1.86 bits per heavy atom. The Labute approximate surface area is 141 Å². The fraction of sp³-hybridized carbons (Fsp3) is 0.188. The van der Waals surface area contributed by atoms with Crippen LogP contribution in [-0.2, 0) is 6.54 Å². The van der Waals surface area contributed by atoms with E-state index >= 15 is 0 Å². The first-order valence-corrected chi connectivity index (χ1v) is 8.05. The molecule has 0 aliphatic rings. The van der Waals surface area contributed by atoms with Crippen molar-refractivity contribution in [3.05, 3.63) is 62.5 Å². The van der Waals surface area contributed by atoms with Crippen LogP contribution in [0.1, 0.15) is 15.9 Å². The van der Waals surface area contributed by atoms with Gasteiger partial charge < -0.3 is 10.2 Å². The van der Waals surface area contributed by atoms with Gasteiger partial charge >= 0.3 is 0 Å². The van der Waals surface area contributed by atoms with Gasteiger partial charge in [-0.3, -0.25) is 4.79 Å². The highest BCUT2D eigenvalue weighted by Crippen LogP contribution is 2.24. The molecule has 21 heavy (non-hydrogen) atoms. The second kappa shape index (κ2) is 7.20. The van der Waals surface area contributed by atoms with Crippen LogP contribution >= 0.6 is 31.9 Å². The summed E-state index contributed by atoms with van der Waals surface area (Å²) in [5.74, 6) is -0.130. The van der Waals surface area contributed by atoms with E-state index in [1.54, 1.807) is 6.07 Å². The van der Waals surface area contributed by atoms with Crippen LogP contribution in [0.4, 0.5) is 5.69 Å². The van der Waals surface area contributed by atoms with Crippen LogP contribution in [0.15, 0.2) is 51.4 Å². The van der Waals surface area contributed by atoms with E-state index in [9.17, 15) is 4.79 Å². The van der Waals surface area contributed by atoms with Crippen molar-refractivity contribution >= 4 is 43.5 Å². The number of hydrogen-bond donors (Lipinski definition) is 1. The lowest BCUT2D eigenvalue weighted by Crippen LogP contribution is -2.17. The molecule has 2 rings (SSSR count). The first-order valence-electron chi connectivity index (χ1n) is 6.46. The second-order valence-corrected chi connectivity index (χ2v) is 6.74. The van der Waals surface area contributed by atoms with E-state index in [0.29, 0.717) is 5.56 Å². The summed E-state index contributed by atoms with van der Waals surface area (Å²) in [5, 5.41) is 2.98. The fourth-order valence-electron chi connectivity index (χ4n) is 1.98. The third-order valence-corrected chi connectivity index (χ3v) is 4.11. The summed E-state index contributed by atoms with van der Waals surface area (Å²) >= 11 is 6.80. The molecule has 2 aromatic carbocycles. The summed E-state index contributed by atoms with van der Waals surface area (Å²) in [4.78, 5) is 14.5. The lowest BCUT2D eigenvalue weighted by molar-refractivity contribution is 0.102. The van der Waals surface area contributed by atoms with Gasteiger partial charge in [0.1, 0.15) is 0 Å². The largest absolute Gasteiger partial charge is 0.322 e. The minimum absolute atomic E-state index is 0.130. The van der Waals surface area contributed by atoms with Crippen LogP contribution in [0.2, 0.25) is 0 Å². The van der Waals surface area contributed by atoms with Gasteiger partial charge in [0, 0.05) is 21.2 Å². The van der Waals surface area contributed by atoms with E-state index in [0.717, 1.165) is 26.7 Å². The summed E-state index contributed by atoms with van der Waals surface area (Å²) in [7, 11) is 4.01. The van der Waals surface area contributed by atoms with Gasteiger partial charge in [-0.05, 0) is 59.9 Å². The fourth-order valence-corrected chi connectivity index (χ4v) is 2.77. The normalized spacial score (nSPS) is 10.7. The topological polar surface area (TPSA) is 32.3 Å². The quantitative estimate of drug-likeness (QED) is 0.801. The number of benzene rings is 2. The number of carbonyl (C=O) groups is 1. The number of nitrogens with one attached hydrogen (secondary N) is 1. The zero-order chi connectivity index (χ0) is 15.4. The third kappa shape index (κ3) is 4.40. The van der Waals surface area contributed by atoms with Crippen molar-refractivity contribution < 1.29 is 4.79 Å². The van der Waals surface area contributed by atoms with Gasteiger partial charge in [0.25, 0.3) is 5.91 Å². The van der Waals surface area contributed by atoms with E-state index in [2.05, 4.69) is 42.1 Å². The minimum atomic E-state index is -0.130. The molecule has 0 radical (unpaired) electrons. The molecular weight excluding hydrogens is 396 g/mol. The number of halogens is 2. The third-order valence-electron chi connectivity index (χ3n) is 2.93. The predicted octanol–water partition coefficient (Wildman–Crippen LogP) is 4.53. The van der Waals surface area contributed by atoms with Crippen LogP contribution in [0.25, 0.3) is 0 Å². The Kier molecular flexibility index (Phi) is 5.56. The van der Waals surface area contributed by atoms with Crippen molar-refractivity contribution in [2.24, 2.45) is 0 Å². The summed E-state index contributed by atoms with van der Waals surface area (Å²) in [5.41, 5.74) is 2.52. The van der Waals surface area contributed by atoms with E-state index < -0.39 is 0 Å². The van der Waals surface area contributed by atoms with E-state index in [-0.39, 0.29) is 5.91 Å². The van der Waals surface area contributed by atoms with Crippen LogP contribution in [0.3, 0.4) is 0 Å². The molecule has 0 saturated carbocycles. The number of carbonyl (C=O) groups excluding carboxylic acids is 1. The highest BCUT2D eigenvalue weighted by molar-refractivity contribution is 9.11. The molecule has 0 aliphatic carbocycles. The number of rotatable bonds is 4. The zero-order valence-corrected chi connectivity index (χ0v) is 15.0. The van der Waals surface area contributed by atoms with E-state index in [1.165, 1.54) is 0 Å². The lowest BCUT2D eigenvalue weighted by atomic mass is 10.1. The molecule has 110 valence electrons. The number of hydrogen-bond acceptors (Lipinski definition) is 2. The molecule has 5 heteroatoms. The van der Waals surface area contributed by atoms with Crippen molar-refractivity contribution in [2.75, 3.05) is 19.4 Å². The molecule has 0 spiro atoms. The number of nitrogens with zero attached hydrogens (tertiary/aromatic N) is 1. The highest BCUT2D eigenvalue weighted by atomic mass is 79.9. The standard InChI is InChI=1S/C16H16Br2N2O/c1-20(2)10-11-5-3-4-6-15(11)19-16(21)13-9-12(17)7-8-14(13)18/h3-9H,10H2,1-2H3,(H,19,21). The van der Waals surface area contributed by atoms with Gasteiger partial charge in [-0.25, -0.2) is 0 Å². The summed E-state index contributed by atoms with van der Waals surface area (Å²) in [6.45, 7) is 0.774. The van der Waals surface area contributed by atoms with Gasteiger partial charge in [-0.1, -0.05) is 34.1 Å². The van der Waals surface area contributed by atoms with Crippen LogP contribution in [-0.4, -0.2) is 24.9 Å².